The molecule has 0 fully saturated rings. The van der Waals surface area contributed by atoms with E-state index in [-0.39, 0.29) is 11.6 Å². The maximum atomic E-state index is 12.3. The van der Waals surface area contributed by atoms with Crippen LogP contribution < -0.4 is 19.6 Å². The van der Waals surface area contributed by atoms with Crippen molar-refractivity contribution >= 4 is 12.1 Å². The fraction of sp³-hybridized carbons (Fsp3) is 0.143. The number of benzene rings is 2. The van der Waals surface area contributed by atoms with Crippen LogP contribution in [-0.4, -0.2) is 42.7 Å². The molecule has 0 saturated carbocycles. The van der Waals surface area contributed by atoms with Crippen LogP contribution in [0.1, 0.15) is 16.2 Å². The van der Waals surface area contributed by atoms with E-state index in [0.29, 0.717) is 28.3 Å². The van der Waals surface area contributed by atoms with Crippen molar-refractivity contribution in [3.8, 4) is 28.5 Å². The number of amides is 1. The third-order valence-corrected chi connectivity index (χ3v) is 4.00. The molecule has 166 valence electrons. The number of nitrogens with one attached hydrogen (secondary N) is 1. The molecule has 3 aromatic rings. The summed E-state index contributed by atoms with van der Waals surface area (Å²) >= 11 is 0. The Morgan fingerprint density at radius 2 is 1.66 bits per heavy atom. The largest absolute Gasteiger partial charge is 0.573 e. The molecule has 0 aliphatic rings. The minimum Gasteiger partial charge on any atom is -0.497 e. The highest BCUT2D eigenvalue weighted by Gasteiger charge is 2.31. The lowest BCUT2D eigenvalue weighted by atomic mass is 10.1. The summed E-state index contributed by atoms with van der Waals surface area (Å²) in [5.74, 6) is -0.0927. The topological polar surface area (TPSA) is 94.9 Å². The number of halogens is 3. The average molecular weight is 446 g/mol. The Morgan fingerprint density at radius 3 is 2.25 bits per heavy atom. The third-order valence-electron chi connectivity index (χ3n) is 4.00. The molecule has 1 aromatic heterocycles. The molecule has 0 aliphatic carbocycles. The molecule has 1 N–H and O–H groups in total. The monoisotopic (exact) mass is 446 g/mol. The second kappa shape index (κ2) is 9.77. The van der Waals surface area contributed by atoms with Gasteiger partial charge in [-0.1, -0.05) is 0 Å². The van der Waals surface area contributed by atoms with Gasteiger partial charge in [0.25, 0.3) is 0 Å². The molecule has 0 unspecified atom stereocenters. The molecule has 0 atom stereocenters. The lowest BCUT2D eigenvalue weighted by Crippen LogP contribution is -2.20. The summed E-state index contributed by atoms with van der Waals surface area (Å²) in [6.45, 7) is 0. The van der Waals surface area contributed by atoms with Crippen LogP contribution in [0.3, 0.4) is 0 Å². The summed E-state index contributed by atoms with van der Waals surface area (Å²) in [5, 5.41) is 3.88. The number of hydrazone groups is 1. The molecule has 0 spiro atoms. The Kier molecular flexibility index (Phi) is 6.88. The molecule has 0 aliphatic heterocycles. The Hall–Kier alpha value is -4.15. The number of aromatic nitrogens is 2. The maximum absolute atomic E-state index is 12.3. The fourth-order valence-corrected chi connectivity index (χ4v) is 2.58. The van der Waals surface area contributed by atoms with Gasteiger partial charge in [0.2, 0.25) is 5.82 Å². The van der Waals surface area contributed by atoms with Gasteiger partial charge in [-0.2, -0.15) is 5.10 Å². The molecular formula is C21H17F3N4O4. The molecule has 32 heavy (non-hydrogen) atoms. The molecule has 2 aromatic carbocycles. The van der Waals surface area contributed by atoms with Gasteiger partial charge in [0.05, 0.1) is 26.1 Å². The molecule has 1 heterocycles. The minimum absolute atomic E-state index is 0.168. The minimum atomic E-state index is -4.78. The van der Waals surface area contributed by atoms with Crippen LogP contribution in [0.5, 0.6) is 17.2 Å². The number of rotatable bonds is 7. The maximum Gasteiger partial charge on any atom is 0.573 e. The van der Waals surface area contributed by atoms with Crippen LogP contribution in [0, 0.1) is 0 Å². The molecule has 11 heteroatoms. The normalized spacial score (nSPS) is 11.3. The Labute approximate surface area is 180 Å². The van der Waals surface area contributed by atoms with Crippen molar-refractivity contribution in [2.24, 2.45) is 5.10 Å². The van der Waals surface area contributed by atoms with Crippen molar-refractivity contribution in [2.45, 2.75) is 6.36 Å². The fourth-order valence-electron chi connectivity index (χ4n) is 2.58. The predicted octanol–water partition coefficient (Wildman–Crippen LogP) is 3.82. The van der Waals surface area contributed by atoms with Gasteiger partial charge in [-0.05, 0) is 42.5 Å². The molecule has 0 radical (unpaired) electrons. The second-order valence-corrected chi connectivity index (χ2v) is 6.18. The van der Waals surface area contributed by atoms with Crippen molar-refractivity contribution in [3.63, 3.8) is 0 Å². The lowest BCUT2D eigenvalue weighted by Gasteiger charge is -2.09. The zero-order valence-corrected chi connectivity index (χ0v) is 16.9. The average Bonchev–Trinajstić information content (AvgIpc) is 2.78. The predicted molar refractivity (Wildman–Crippen MR) is 109 cm³/mol. The van der Waals surface area contributed by atoms with Crippen molar-refractivity contribution in [3.05, 3.63) is 66.1 Å². The zero-order valence-electron chi connectivity index (χ0n) is 16.9. The lowest BCUT2D eigenvalue weighted by molar-refractivity contribution is -0.274. The zero-order chi connectivity index (χ0) is 23.1. The van der Waals surface area contributed by atoms with Gasteiger partial charge < -0.3 is 14.2 Å². The molecule has 0 saturated heterocycles. The quantitative estimate of drug-likeness (QED) is 0.438. The van der Waals surface area contributed by atoms with Crippen LogP contribution in [0.25, 0.3) is 11.3 Å². The Morgan fingerprint density at radius 1 is 1.00 bits per heavy atom. The summed E-state index contributed by atoms with van der Waals surface area (Å²) in [5.41, 5.74) is 3.75. The van der Waals surface area contributed by atoms with Crippen LogP contribution in [0.4, 0.5) is 13.2 Å². The Balaban J connectivity index is 1.70. The SMILES string of the molecule is COc1cc(/C=N/NC(=O)c2nccc(-c3ccc(OC(F)(F)F)cc3)n2)cc(OC)c1. The molecule has 0 bridgehead atoms. The number of ether oxygens (including phenoxy) is 3. The first-order valence-electron chi connectivity index (χ1n) is 9.03. The van der Waals surface area contributed by atoms with E-state index in [1.807, 2.05) is 0 Å². The van der Waals surface area contributed by atoms with Crippen molar-refractivity contribution in [1.29, 1.82) is 0 Å². The highest BCUT2D eigenvalue weighted by atomic mass is 19.4. The van der Waals surface area contributed by atoms with Gasteiger partial charge in [0, 0.05) is 23.4 Å². The number of hydrogen-bond acceptors (Lipinski definition) is 7. The second-order valence-electron chi connectivity index (χ2n) is 6.18. The van der Waals surface area contributed by atoms with Crippen molar-refractivity contribution in [2.75, 3.05) is 14.2 Å². The molecule has 8 nitrogen and oxygen atoms in total. The molecule has 1 amide bonds. The summed E-state index contributed by atoms with van der Waals surface area (Å²) in [4.78, 5) is 20.4. The number of hydrogen-bond donors (Lipinski definition) is 1. The molecule has 3 rings (SSSR count). The number of alkyl halides is 3. The van der Waals surface area contributed by atoms with E-state index < -0.39 is 12.3 Å². The smallest absolute Gasteiger partial charge is 0.497 e. The standard InChI is InChI=1S/C21H17F3N4O4/c1-30-16-9-13(10-17(11-16)31-2)12-26-28-20(29)19-25-8-7-18(27-19)14-3-5-15(6-4-14)32-21(22,23)24/h3-12H,1-2H3,(H,28,29)/b26-12+. The van der Waals surface area contributed by atoms with E-state index in [1.54, 1.807) is 18.2 Å². The van der Waals surface area contributed by atoms with E-state index in [9.17, 15) is 18.0 Å². The van der Waals surface area contributed by atoms with Crippen molar-refractivity contribution in [1.82, 2.24) is 15.4 Å². The van der Waals surface area contributed by atoms with E-state index in [1.165, 1.54) is 44.8 Å². The van der Waals surface area contributed by atoms with E-state index in [4.69, 9.17) is 9.47 Å². The van der Waals surface area contributed by atoms with Gasteiger partial charge in [-0.3, -0.25) is 4.79 Å². The van der Waals surface area contributed by atoms with Gasteiger partial charge in [0.1, 0.15) is 17.2 Å². The Bertz CT molecular complexity index is 1100. The number of nitrogens with zero attached hydrogens (tertiary/aromatic N) is 3. The summed E-state index contributed by atoms with van der Waals surface area (Å²) in [7, 11) is 3.03. The molecular weight excluding hydrogens is 429 g/mol. The van der Waals surface area contributed by atoms with Crippen LogP contribution >= 0.6 is 0 Å². The van der Waals surface area contributed by atoms with Crippen molar-refractivity contribution < 1.29 is 32.2 Å². The highest BCUT2D eigenvalue weighted by molar-refractivity contribution is 5.92. The van der Waals surface area contributed by atoms with E-state index in [2.05, 4.69) is 25.2 Å². The first kappa shape index (κ1) is 22.5. The van der Waals surface area contributed by atoms with Gasteiger partial charge in [-0.15, -0.1) is 13.2 Å². The van der Waals surface area contributed by atoms with E-state index >= 15 is 0 Å². The number of carbonyl (C=O) groups is 1. The first-order valence-corrected chi connectivity index (χ1v) is 9.03. The van der Waals surface area contributed by atoms with Crippen LogP contribution in [0.15, 0.2) is 59.8 Å². The summed E-state index contributed by atoms with van der Waals surface area (Å²) in [6, 6.07) is 11.7. The number of carbonyl (C=O) groups excluding carboxylic acids is 1. The van der Waals surface area contributed by atoms with Gasteiger partial charge in [0.15, 0.2) is 0 Å². The van der Waals surface area contributed by atoms with Gasteiger partial charge >= 0.3 is 12.3 Å². The summed E-state index contributed by atoms with van der Waals surface area (Å²) < 4.78 is 51.0. The first-order chi connectivity index (χ1) is 15.3. The van der Waals surface area contributed by atoms with Crippen LogP contribution in [0.2, 0.25) is 0 Å². The van der Waals surface area contributed by atoms with Crippen LogP contribution in [-0.2, 0) is 0 Å². The number of methoxy groups -OCH3 is 2. The highest BCUT2D eigenvalue weighted by Crippen LogP contribution is 2.25. The van der Waals surface area contributed by atoms with Gasteiger partial charge in [-0.25, -0.2) is 15.4 Å². The summed E-state index contributed by atoms with van der Waals surface area (Å²) in [6.07, 6.45) is -2.03. The van der Waals surface area contributed by atoms with E-state index in [0.717, 1.165) is 12.1 Å². The third kappa shape index (κ3) is 6.17.